The number of amides is 1. The molecule has 0 aliphatic rings. The average Bonchev–Trinajstić information content (AvgIpc) is 2.61. The van der Waals surface area contributed by atoms with Gasteiger partial charge in [0.1, 0.15) is 5.75 Å². The van der Waals surface area contributed by atoms with Crippen molar-refractivity contribution in [1.29, 1.82) is 0 Å². The molecule has 2 rings (SSSR count). The van der Waals surface area contributed by atoms with Gasteiger partial charge in [-0.3, -0.25) is 30.3 Å². The van der Waals surface area contributed by atoms with E-state index in [4.69, 9.17) is 28.6 Å². The number of nitrogens with zero attached hydrogens (tertiary/aromatic N) is 2. The number of nitro groups is 2. The second-order valence-corrected chi connectivity index (χ2v) is 5.83. The first kappa shape index (κ1) is 20.0. The zero-order valence-electron chi connectivity index (χ0n) is 13.6. The van der Waals surface area contributed by atoms with E-state index in [-0.39, 0.29) is 10.7 Å². The molecular formula is C15H11ClN4O6S. The number of carbonyl (C=O) groups is 1. The normalized spacial score (nSPS) is 10.0. The molecule has 12 heteroatoms. The molecule has 0 saturated carbocycles. The monoisotopic (exact) mass is 410 g/mol. The Kier molecular flexibility index (Phi) is 6.21. The second kappa shape index (κ2) is 8.38. The van der Waals surface area contributed by atoms with Crippen molar-refractivity contribution >= 4 is 51.9 Å². The largest absolute Gasteiger partial charge is 0.495 e. The van der Waals surface area contributed by atoms with E-state index >= 15 is 0 Å². The molecule has 2 N–H and O–H groups in total. The van der Waals surface area contributed by atoms with Gasteiger partial charge in [-0.15, -0.1) is 0 Å². The number of hydrogen-bond donors (Lipinski definition) is 2. The molecule has 1 amide bonds. The molecule has 2 aromatic rings. The molecule has 0 spiro atoms. The van der Waals surface area contributed by atoms with E-state index in [1.807, 2.05) is 0 Å². The number of thiocarbonyl (C=S) groups is 1. The lowest BCUT2D eigenvalue weighted by Crippen LogP contribution is -2.34. The van der Waals surface area contributed by atoms with Crippen LogP contribution in [-0.2, 0) is 0 Å². The third-order valence-electron chi connectivity index (χ3n) is 3.22. The number of methoxy groups -OCH3 is 1. The highest BCUT2D eigenvalue weighted by atomic mass is 35.5. The zero-order valence-corrected chi connectivity index (χ0v) is 15.2. The number of benzene rings is 2. The summed E-state index contributed by atoms with van der Waals surface area (Å²) in [5.41, 5.74) is -1.01. The van der Waals surface area contributed by atoms with Gasteiger partial charge < -0.3 is 10.1 Å². The van der Waals surface area contributed by atoms with Crippen LogP contribution < -0.4 is 15.4 Å². The Morgan fingerprint density at radius 3 is 2.19 bits per heavy atom. The lowest BCUT2D eigenvalue weighted by molar-refractivity contribution is -0.394. The van der Waals surface area contributed by atoms with Crippen molar-refractivity contribution in [2.45, 2.75) is 0 Å². The van der Waals surface area contributed by atoms with Crippen molar-refractivity contribution in [3.63, 3.8) is 0 Å². The van der Waals surface area contributed by atoms with Crippen LogP contribution in [0.1, 0.15) is 10.4 Å². The van der Waals surface area contributed by atoms with Gasteiger partial charge in [0.05, 0.1) is 33.6 Å². The van der Waals surface area contributed by atoms with Gasteiger partial charge in [-0.2, -0.15) is 0 Å². The van der Waals surface area contributed by atoms with Crippen molar-refractivity contribution in [3.8, 4) is 5.75 Å². The molecule has 0 saturated heterocycles. The number of carbonyl (C=O) groups excluding carboxylic acids is 1. The quantitative estimate of drug-likeness (QED) is 0.435. The Balaban J connectivity index is 2.16. The Hall–Kier alpha value is -3.31. The zero-order chi connectivity index (χ0) is 20.1. The first-order chi connectivity index (χ1) is 12.7. The summed E-state index contributed by atoms with van der Waals surface area (Å²) in [5.74, 6) is -0.403. The van der Waals surface area contributed by atoms with Crippen LogP contribution in [0.2, 0.25) is 5.02 Å². The minimum atomic E-state index is -0.848. The van der Waals surface area contributed by atoms with Crippen molar-refractivity contribution in [1.82, 2.24) is 5.32 Å². The Morgan fingerprint density at radius 1 is 1.11 bits per heavy atom. The van der Waals surface area contributed by atoms with E-state index in [0.717, 1.165) is 18.2 Å². The fraction of sp³-hybridized carbons (Fsp3) is 0.0667. The predicted octanol–water partition coefficient (Wildman–Crippen LogP) is 3.29. The molecule has 0 unspecified atom stereocenters. The maximum absolute atomic E-state index is 12.2. The van der Waals surface area contributed by atoms with E-state index in [1.54, 1.807) is 12.1 Å². The summed E-state index contributed by atoms with van der Waals surface area (Å²) in [6.07, 6.45) is 0. The molecule has 140 valence electrons. The van der Waals surface area contributed by atoms with Crippen LogP contribution in [-0.4, -0.2) is 28.0 Å². The molecule has 0 heterocycles. The van der Waals surface area contributed by atoms with Crippen LogP contribution in [0.25, 0.3) is 0 Å². The minimum absolute atomic E-state index is 0.129. The minimum Gasteiger partial charge on any atom is -0.495 e. The molecule has 2 aromatic carbocycles. The van der Waals surface area contributed by atoms with Gasteiger partial charge in [0.25, 0.3) is 17.3 Å². The van der Waals surface area contributed by atoms with E-state index < -0.39 is 27.1 Å². The van der Waals surface area contributed by atoms with Gasteiger partial charge in [0.15, 0.2) is 5.11 Å². The number of hydrogen-bond acceptors (Lipinski definition) is 7. The van der Waals surface area contributed by atoms with Crippen LogP contribution in [0.3, 0.4) is 0 Å². The molecule has 0 fully saturated rings. The Bertz CT molecular complexity index is 920. The molecule has 0 aliphatic heterocycles. The van der Waals surface area contributed by atoms with E-state index in [0.29, 0.717) is 16.5 Å². The number of nitro benzene ring substituents is 2. The molecule has 0 bridgehead atoms. The van der Waals surface area contributed by atoms with Crippen LogP contribution in [0.5, 0.6) is 5.75 Å². The molecule has 0 radical (unpaired) electrons. The molecule has 0 aliphatic carbocycles. The number of rotatable bonds is 5. The third kappa shape index (κ3) is 5.09. The van der Waals surface area contributed by atoms with E-state index in [1.165, 1.54) is 13.2 Å². The van der Waals surface area contributed by atoms with Gasteiger partial charge in [-0.1, -0.05) is 11.6 Å². The number of ether oxygens (including phenoxy) is 1. The average molecular weight is 411 g/mol. The van der Waals surface area contributed by atoms with Crippen molar-refractivity contribution in [2.24, 2.45) is 0 Å². The third-order valence-corrected chi connectivity index (χ3v) is 3.72. The van der Waals surface area contributed by atoms with Crippen LogP contribution in [0.15, 0.2) is 36.4 Å². The van der Waals surface area contributed by atoms with Crippen LogP contribution >= 0.6 is 23.8 Å². The summed E-state index contributed by atoms with van der Waals surface area (Å²) in [4.78, 5) is 32.3. The lowest BCUT2D eigenvalue weighted by Gasteiger charge is -2.11. The van der Waals surface area contributed by atoms with Crippen molar-refractivity contribution < 1.29 is 19.4 Å². The highest BCUT2D eigenvalue weighted by molar-refractivity contribution is 7.80. The van der Waals surface area contributed by atoms with Gasteiger partial charge in [0, 0.05) is 17.8 Å². The predicted molar refractivity (Wildman–Crippen MR) is 101 cm³/mol. The first-order valence-electron chi connectivity index (χ1n) is 7.11. The number of anilines is 1. The van der Waals surface area contributed by atoms with Gasteiger partial charge in [0.2, 0.25) is 0 Å². The lowest BCUT2D eigenvalue weighted by atomic mass is 10.1. The van der Waals surface area contributed by atoms with Crippen molar-refractivity contribution in [3.05, 3.63) is 67.2 Å². The number of halogens is 1. The van der Waals surface area contributed by atoms with Crippen LogP contribution in [0.4, 0.5) is 17.1 Å². The maximum Gasteiger partial charge on any atom is 0.277 e. The standard InChI is InChI=1S/C15H11ClN4O6S/c1-26-13-3-2-9(6-12(13)16)17-15(27)18-14(21)8-4-10(19(22)23)7-11(5-8)20(24)25/h2-7H,1H3,(H2,17,18,21,27). The number of non-ortho nitro benzene ring substituents is 2. The van der Waals surface area contributed by atoms with Gasteiger partial charge >= 0.3 is 0 Å². The Morgan fingerprint density at radius 2 is 1.70 bits per heavy atom. The fourth-order valence-electron chi connectivity index (χ4n) is 2.02. The van der Waals surface area contributed by atoms with E-state index in [9.17, 15) is 25.0 Å². The summed E-state index contributed by atoms with van der Waals surface area (Å²) in [7, 11) is 1.46. The van der Waals surface area contributed by atoms with Crippen LogP contribution in [0, 0.1) is 20.2 Å². The summed E-state index contributed by atoms with van der Waals surface area (Å²) in [6.45, 7) is 0. The summed E-state index contributed by atoms with van der Waals surface area (Å²) in [5, 5.41) is 26.9. The molecule has 27 heavy (non-hydrogen) atoms. The smallest absolute Gasteiger partial charge is 0.277 e. The summed E-state index contributed by atoms with van der Waals surface area (Å²) < 4.78 is 5.02. The van der Waals surface area contributed by atoms with Crippen molar-refractivity contribution in [2.75, 3.05) is 12.4 Å². The highest BCUT2D eigenvalue weighted by Gasteiger charge is 2.20. The fourth-order valence-corrected chi connectivity index (χ4v) is 2.49. The SMILES string of the molecule is COc1ccc(NC(=S)NC(=O)c2cc([N+](=O)[O-])cc([N+](=O)[O-])c2)cc1Cl. The first-order valence-corrected chi connectivity index (χ1v) is 7.89. The molecule has 10 nitrogen and oxygen atoms in total. The second-order valence-electron chi connectivity index (χ2n) is 5.01. The maximum atomic E-state index is 12.2. The molecule has 0 atom stereocenters. The summed E-state index contributed by atoms with van der Waals surface area (Å²) >= 11 is 11.0. The number of nitrogens with one attached hydrogen (secondary N) is 2. The molecular weight excluding hydrogens is 400 g/mol. The Labute approximate surface area is 162 Å². The molecule has 0 aromatic heterocycles. The van der Waals surface area contributed by atoms with Gasteiger partial charge in [-0.05, 0) is 30.4 Å². The summed E-state index contributed by atoms with van der Waals surface area (Å²) in [6, 6.07) is 7.27. The van der Waals surface area contributed by atoms with E-state index in [2.05, 4.69) is 10.6 Å². The highest BCUT2D eigenvalue weighted by Crippen LogP contribution is 2.27. The topological polar surface area (TPSA) is 137 Å². The van der Waals surface area contributed by atoms with Gasteiger partial charge in [-0.25, -0.2) is 0 Å².